The van der Waals surface area contributed by atoms with Crippen LogP contribution in [0.5, 0.6) is 5.75 Å². The maximum Gasteiger partial charge on any atom is 0.120 e. The molecule has 0 aliphatic rings. The van der Waals surface area contributed by atoms with Crippen molar-refractivity contribution in [2.75, 3.05) is 0 Å². The molecule has 100 valence electrons. The Labute approximate surface area is 121 Å². The number of aromatic hydroxyl groups is 1. The van der Waals surface area contributed by atoms with Gasteiger partial charge in [0.1, 0.15) is 5.75 Å². The number of hydrogen-bond donors (Lipinski definition) is 2. The molecule has 0 fully saturated rings. The molecule has 0 saturated heterocycles. The molecule has 0 unspecified atom stereocenters. The lowest BCUT2D eigenvalue weighted by molar-refractivity contribution is 0.464. The molecule has 19 heavy (non-hydrogen) atoms. The van der Waals surface area contributed by atoms with E-state index in [0.29, 0.717) is 18.8 Å². The van der Waals surface area contributed by atoms with Crippen molar-refractivity contribution >= 4 is 15.9 Å². The summed E-state index contributed by atoms with van der Waals surface area (Å²) in [6.07, 6.45) is 2.79. The molecule has 3 nitrogen and oxygen atoms in total. The second-order valence-corrected chi connectivity index (χ2v) is 5.26. The summed E-state index contributed by atoms with van der Waals surface area (Å²) in [5, 5.41) is 13.1. The highest BCUT2D eigenvalue weighted by Crippen LogP contribution is 2.21. The molecule has 0 aliphatic carbocycles. The molecule has 0 spiro atoms. The fraction of sp³-hybridized carbons (Fsp3) is 0.267. The highest BCUT2D eigenvalue weighted by molar-refractivity contribution is 9.10. The predicted molar refractivity (Wildman–Crippen MR) is 80.0 cm³/mol. The maximum atomic E-state index is 9.76. The van der Waals surface area contributed by atoms with Crippen LogP contribution >= 0.6 is 15.9 Å². The van der Waals surface area contributed by atoms with E-state index in [1.54, 1.807) is 6.07 Å². The van der Waals surface area contributed by atoms with Gasteiger partial charge in [0.25, 0.3) is 0 Å². The van der Waals surface area contributed by atoms with E-state index < -0.39 is 0 Å². The fourth-order valence-corrected chi connectivity index (χ4v) is 2.37. The number of hydrogen-bond acceptors (Lipinski definition) is 3. The molecule has 1 aromatic carbocycles. The standard InChI is InChI=1S/C15H17BrN2O/c1-2-11-4-3-7-18-14(11)10-17-9-12-8-13(16)5-6-15(12)19/h3-8,17,19H,2,9-10H2,1H3. The molecule has 4 heteroatoms. The first kappa shape index (κ1) is 14.0. The summed E-state index contributed by atoms with van der Waals surface area (Å²) < 4.78 is 0.967. The molecule has 2 N–H and O–H groups in total. The van der Waals surface area contributed by atoms with E-state index in [9.17, 15) is 5.11 Å². The first-order chi connectivity index (χ1) is 9.20. The SMILES string of the molecule is CCc1cccnc1CNCc1cc(Br)ccc1O. The summed E-state index contributed by atoms with van der Waals surface area (Å²) in [5.74, 6) is 0.312. The normalized spacial score (nSPS) is 10.6. The number of rotatable bonds is 5. The average molecular weight is 321 g/mol. The first-order valence-electron chi connectivity index (χ1n) is 6.31. The quantitative estimate of drug-likeness (QED) is 0.887. The molecule has 0 atom stereocenters. The lowest BCUT2D eigenvalue weighted by Gasteiger charge is -2.09. The molecular weight excluding hydrogens is 304 g/mol. The van der Waals surface area contributed by atoms with Crippen molar-refractivity contribution in [1.29, 1.82) is 0 Å². The van der Waals surface area contributed by atoms with Gasteiger partial charge >= 0.3 is 0 Å². The van der Waals surface area contributed by atoms with Crippen LogP contribution in [0.1, 0.15) is 23.7 Å². The molecule has 2 rings (SSSR count). The van der Waals surface area contributed by atoms with Crippen LogP contribution in [0, 0.1) is 0 Å². The van der Waals surface area contributed by atoms with Crippen molar-refractivity contribution in [2.24, 2.45) is 0 Å². The van der Waals surface area contributed by atoms with Crippen LogP contribution in [-0.2, 0) is 19.5 Å². The van der Waals surface area contributed by atoms with Crippen molar-refractivity contribution in [3.63, 3.8) is 0 Å². The van der Waals surface area contributed by atoms with Crippen LogP contribution in [0.15, 0.2) is 41.0 Å². The number of benzene rings is 1. The maximum absolute atomic E-state index is 9.76. The van der Waals surface area contributed by atoms with Gasteiger partial charge < -0.3 is 10.4 Å². The van der Waals surface area contributed by atoms with Gasteiger partial charge in [-0.1, -0.05) is 28.9 Å². The fourth-order valence-electron chi connectivity index (χ4n) is 1.96. The largest absolute Gasteiger partial charge is 0.508 e. The summed E-state index contributed by atoms with van der Waals surface area (Å²) >= 11 is 3.40. The molecule has 1 aromatic heterocycles. The van der Waals surface area contributed by atoms with E-state index in [1.165, 1.54) is 5.56 Å². The molecule has 0 aliphatic heterocycles. The zero-order valence-corrected chi connectivity index (χ0v) is 12.4. The number of aromatic nitrogens is 1. The number of nitrogens with one attached hydrogen (secondary N) is 1. The van der Waals surface area contributed by atoms with Gasteiger partial charge in [-0.15, -0.1) is 0 Å². The highest BCUT2D eigenvalue weighted by Gasteiger charge is 2.04. The Balaban J connectivity index is 1.98. The molecule has 1 heterocycles. The van der Waals surface area contributed by atoms with Crippen LogP contribution in [-0.4, -0.2) is 10.1 Å². The molecule has 0 saturated carbocycles. The second kappa shape index (κ2) is 6.68. The van der Waals surface area contributed by atoms with Crippen LogP contribution in [0.2, 0.25) is 0 Å². The number of nitrogens with zero attached hydrogens (tertiary/aromatic N) is 1. The lowest BCUT2D eigenvalue weighted by atomic mass is 10.1. The Kier molecular flexibility index (Phi) is 4.93. The smallest absolute Gasteiger partial charge is 0.120 e. The average Bonchev–Trinajstić information content (AvgIpc) is 2.43. The summed E-state index contributed by atoms with van der Waals surface area (Å²) in [7, 11) is 0. The first-order valence-corrected chi connectivity index (χ1v) is 7.11. The Bertz CT molecular complexity index is 558. The van der Waals surface area contributed by atoms with Crippen molar-refractivity contribution < 1.29 is 5.11 Å². The molecule has 2 aromatic rings. The Hall–Kier alpha value is -1.39. The lowest BCUT2D eigenvalue weighted by Crippen LogP contribution is -2.15. The number of phenols is 1. The van der Waals surface area contributed by atoms with Gasteiger partial charge in [0, 0.05) is 29.3 Å². The molecule has 0 bridgehead atoms. The van der Waals surface area contributed by atoms with Gasteiger partial charge in [0.15, 0.2) is 0 Å². The zero-order valence-electron chi connectivity index (χ0n) is 10.9. The second-order valence-electron chi connectivity index (χ2n) is 4.34. The zero-order chi connectivity index (χ0) is 13.7. The van der Waals surface area contributed by atoms with E-state index in [2.05, 4.69) is 39.2 Å². The summed E-state index contributed by atoms with van der Waals surface area (Å²) in [5.41, 5.74) is 3.20. The minimum atomic E-state index is 0.312. The van der Waals surface area contributed by atoms with Crippen molar-refractivity contribution in [3.8, 4) is 5.75 Å². The van der Waals surface area contributed by atoms with Gasteiger partial charge in [0.2, 0.25) is 0 Å². The van der Waals surface area contributed by atoms with E-state index in [-0.39, 0.29) is 0 Å². The van der Waals surface area contributed by atoms with E-state index in [4.69, 9.17) is 0 Å². The number of pyridine rings is 1. The van der Waals surface area contributed by atoms with Crippen LogP contribution in [0.4, 0.5) is 0 Å². The van der Waals surface area contributed by atoms with Crippen molar-refractivity contribution in [3.05, 3.63) is 57.8 Å². The van der Waals surface area contributed by atoms with Gasteiger partial charge in [-0.05, 0) is 36.2 Å². The third kappa shape index (κ3) is 3.78. The van der Waals surface area contributed by atoms with Gasteiger partial charge in [-0.3, -0.25) is 4.98 Å². The van der Waals surface area contributed by atoms with E-state index in [1.807, 2.05) is 24.4 Å². The third-order valence-electron chi connectivity index (χ3n) is 3.01. The Morgan fingerprint density at radius 2 is 2.05 bits per heavy atom. The summed E-state index contributed by atoms with van der Waals surface area (Å²) in [4.78, 5) is 4.39. The van der Waals surface area contributed by atoms with Crippen molar-refractivity contribution in [1.82, 2.24) is 10.3 Å². The predicted octanol–water partition coefficient (Wildman–Crippen LogP) is 3.40. The number of halogens is 1. The molecule has 0 amide bonds. The van der Waals surface area contributed by atoms with E-state index in [0.717, 1.165) is 22.2 Å². The highest BCUT2D eigenvalue weighted by atomic mass is 79.9. The molecule has 0 radical (unpaired) electrons. The number of aryl methyl sites for hydroxylation is 1. The van der Waals surface area contributed by atoms with Gasteiger partial charge in [-0.25, -0.2) is 0 Å². The minimum Gasteiger partial charge on any atom is -0.508 e. The van der Waals surface area contributed by atoms with Crippen LogP contribution < -0.4 is 5.32 Å². The molecular formula is C15H17BrN2O. The van der Waals surface area contributed by atoms with Gasteiger partial charge in [0.05, 0.1) is 5.69 Å². The Morgan fingerprint density at radius 1 is 1.21 bits per heavy atom. The third-order valence-corrected chi connectivity index (χ3v) is 3.51. The van der Waals surface area contributed by atoms with E-state index >= 15 is 0 Å². The topological polar surface area (TPSA) is 45.2 Å². The Morgan fingerprint density at radius 3 is 2.84 bits per heavy atom. The van der Waals surface area contributed by atoms with Crippen LogP contribution in [0.3, 0.4) is 0 Å². The summed E-state index contributed by atoms with van der Waals surface area (Å²) in [6.45, 7) is 3.45. The summed E-state index contributed by atoms with van der Waals surface area (Å²) in [6, 6.07) is 9.50. The number of phenolic OH excluding ortho intramolecular Hbond substituents is 1. The van der Waals surface area contributed by atoms with Gasteiger partial charge in [-0.2, -0.15) is 0 Å². The monoisotopic (exact) mass is 320 g/mol. The van der Waals surface area contributed by atoms with Crippen LogP contribution in [0.25, 0.3) is 0 Å². The van der Waals surface area contributed by atoms with Crippen molar-refractivity contribution in [2.45, 2.75) is 26.4 Å². The minimum absolute atomic E-state index is 0.312.